The molecule has 10 aromatic carbocycles. The Hall–Kier alpha value is -7.30. The fourth-order valence-corrected chi connectivity index (χ4v) is 11.3. The molecule has 0 aliphatic rings. The highest BCUT2D eigenvalue weighted by Gasteiger charge is 2.19. The summed E-state index contributed by atoms with van der Waals surface area (Å²) in [5.74, 6) is 0. The number of anilines is 3. The van der Waals surface area contributed by atoms with E-state index in [2.05, 4.69) is 229 Å². The zero-order valence-electron chi connectivity index (χ0n) is 33.1. The molecule has 0 saturated carbocycles. The van der Waals surface area contributed by atoms with Crippen LogP contribution in [-0.2, 0) is 0 Å². The lowest BCUT2D eigenvalue weighted by molar-refractivity contribution is 1.28. The average molecular weight is 812 g/mol. The number of benzene rings is 10. The van der Waals surface area contributed by atoms with Crippen molar-refractivity contribution in [1.29, 1.82) is 0 Å². The maximum atomic E-state index is 2.43. The van der Waals surface area contributed by atoms with E-state index in [0.717, 1.165) is 17.1 Å². The van der Waals surface area contributed by atoms with Crippen molar-refractivity contribution in [2.45, 2.75) is 0 Å². The van der Waals surface area contributed by atoms with Gasteiger partial charge >= 0.3 is 0 Å². The van der Waals surface area contributed by atoms with Crippen LogP contribution in [0.1, 0.15) is 0 Å². The van der Waals surface area contributed by atoms with Crippen LogP contribution >= 0.6 is 22.7 Å². The summed E-state index contributed by atoms with van der Waals surface area (Å²) in [6, 6.07) is 82.5. The van der Waals surface area contributed by atoms with Gasteiger partial charge in [-0.3, -0.25) is 0 Å². The first kappa shape index (κ1) is 35.6. The van der Waals surface area contributed by atoms with Gasteiger partial charge < -0.3 is 4.90 Å². The minimum Gasteiger partial charge on any atom is -0.310 e. The third-order valence-corrected chi connectivity index (χ3v) is 14.3. The Balaban J connectivity index is 0.955. The standard InChI is InChI=1S/C58H37NS2/c1-2-11-42-34-44(25-24-38(42)10-1)40-22-20-39(21-23-40)43-12-9-13-48(35-43)59(47-30-26-41(27-31-47)45-28-32-52-50-15-4-7-18-55(50)60-57(52)36-45)54-17-6-3-14-49(54)46-29-33-53-51-16-5-8-19-56(51)61-58(53)37-46/h1-37H. The second-order valence-corrected chi connectivity index (χ2v) is 17.9. The molecule has 0 aliphatic heterocycles. The number of hydrogen-bond acceptors (Lipinski definition) is 3. The van der Waals surface area contributed by atoms with E-state index in [1.54, 1.807) is 0 Å². The van der Waals surface area contributed by atoms with E-state index in [1.807, 2.05) is 22.7 Å². The van der Waals surface area contributed by atoms with Crippen LogP contribution in [0.25, 0.3) is 95.6 Å². The number of thiophene rings is 2. The number of nitrogens with zero attached hydrogens (tertiary/aromatic N) is 1. The molecule has 0 radical (unpaired) electrons. The molecule has 12 aromatic rings. The molecule has 0 bridgehead atoms. The molecule has 12 rings (SSSR count). The van der Waals surface area contributed by atoms with Crippen LogP contribution in [-0.4, -0.2) is 0 Å². The van der Waals surface area contributed by atoms with Gasteiger partial charge in [0.05, 0.1) is 5.69 Å². The summed E-state index contributed by atoms with van der Waals surface area (Å²) in [6.07, 6.45) is 0. The van der Waals surface area contributed by atoms with Crippen molar-refractivity contribution in [3.8, 4) is 44.5 Å². The number of hydrogen-bond donors (Lipinski definition) is 0. The maximum Gasteiger partial charge on any atom is 0.0540 e. The van der Waals surface area contributed by atoms with E-state index >= 15 is 0 Å². The lowest BCUT2D eigenvalue weighted by Crippen LogP contribution is -2.11. The van der Waals surface area contributed by atoms with Gasteiger partial charge in [-0.1, -0.05) is 164 Å². The van der Waals surface area contributed by atoms with Gasteiger partial charge in [0, 0.05) is 57.3 Å². The maximum absolute atomic E-state index is 2.43. The van der Waals surface area contributed by atoms with Gasteiger partial charge in [0.25, 0.3) is 0 Å². The molecule has 0 unspecified atom stereocenters. The van der Waals surface area contributed by atoms with Crippen molar-refractivity contribution in [2.75, 3.05) is 4.90 Å². The SMILES string of the molecule is c1cc(-c2ccc(-c3ccc4ccccc4c3)cc2)cc(N(c2ccc(-c3ccc4c(c3)sc3ccccc34)cc2)c2ccccc2-c2ccc3c(c2)sc2ccccc23)c1. The summed E-state index contributed by atoms with van der Waals surface area (Å²) in [4.78, 5) is 2.43. The molecule has 0 aliphatic carbocycles. The van der Waals surface area contributed by atoms with Gasteiger partial charge in [-0.2, -0.15) is 0 Å². The molecule has 3 heteroatoms. The van der Waals surface area contributed by atoms with Crippen LogP contribution in [0.5, 0.6) is 0 Å². The quantitative estimate of drug-likeness (QED) is 0.155. The normalized spacial score (nSPS) is 11.6. The van der Waals surface area contributed by atoms with E-state index in [1.165, 1.54) is 95.6 Å². The molecule has 0 saturated heterocycles. The smallest absolute Gasteiger partial charge is 0.0540 e. The van der Waals surface area contributed by atoms with Crippen molar-refractivity contribution >= 4 is 90.9 Å². The zero-order valence-corrected chi connectivity index (χ0v) is 34.8. The van der Waals surface area contributed by atoms with Gasteiger partial charge in [-0.15, -0.1) is 22.7 Å². The molecular weight excluding hydrogens is 775 g/mol. The molecule has 286 valence electrons. The molecule has 0 fully saturated rings. The monoisotopic (exact) mass is 811 g/mol. The van der Waals surface area contributed by atoms with Crippen molar-refractivity contribution in [3.05, 3.63) is 224 Å². The first-order valence-corrected chi connectivity index (χ1v) is 22.4. The van der Waals surface area contributed by atoms with E-state index in [0.29, 0.717) is 0 Å². The topological polar surface area (TPSA) is 3.24 Å². The third-order valence-electron chi connectivity index (χ3n) is 12.1. The first-order valence-electron chi connectivity index (χ1n) is 20.7. The summed E-state index contributed by atoms with van der Waals surface area (Å²) in [5, 5.41) is 7.79. The second-order valence-electron chi connectivity index (χ2n) is 15.7. The van der Waals surface area contributed by atoms with Crippen LogP contribution < -0.4 is 4.90 Å². The molecule has 2 heterocycles. The molecule has 0 spiro atoms. The fraction of sp³-hybridized carbons (Fsp3) is 0. The van der Waals surface area contributed by atoms with Crippen molar-refractivity contribution in [3.63, 3.8) is 0 Å². The van der Waals surface area contributed by atoms with E-state index in [4.69, 9.17) is 0 Å². The third kappa shape index (κ3) is 6.38. The number of rotatable bonds is 7. The zero-order chi connectivity index (χ0) is 40.3. The van der Waals surface area contributed by atoms with E-state index in [9.17, 15) is 0 Å². The van der Waals surface area contributed by atoms with Gasteiger partial charge in [0.2, 0.25) is 0 Å². The predicted molar refractivity (Wildman–Crippen MR) is 266 cm³/mol. The predicted octanol–water partition coefficient (Wildman–Crippen LogP) is 17.7. The van der Waals surface area contributed by atoms with Gasteiger partial charge in [-0.25, -0.2) is 0 Å². The van der Waals surface area contributed by atoms with Crippen LogP contribution in [0.2, 0.25) is 0 Å². The van der Waals surface area contributed by atoms with E-state index in [-0.39, 0.29) is 0 Å². The highest BCUT2D eigenvalue weighted by molar-refractivity contribution is 7.26. The summed E-state index contributed by atoms with van der Waals surface area (Å²) in [7, 11) is 0. The molecule has 2 aromatic heterocycles. The molecule has 0 atom stereocenters. The summed E-state index contributed by atoms with van der Waals surface area (Å²) in [5.41, 5.74) is 12.9. The minimum atomic E-state index is 1.10. The lowest BCUT2D eigenvalue weighted by Gasteiger charge is -2.28. The highest BCUT2D eigenvalue weighted by atomic mass is 32.1. The fourth-order valence-electron chi connectivity index (χ4n) is 8.99. The number of fused-ring (bicyclic) bond motifs is 7. The van der Waals surface area contributed by atoms with Crippen LogP contribution in [0, 0.1) is 0 Å². The molecule has 1 nitrogen and oxygen atoms in total. The van der Waals surface area contributed by atoms with Gasteiger partial charge in [-0.05, 0) is 110 Å². The minimum absolute atomic E-state index is 1.10. The van der Waals surface area contributed by atoms with E-state index < -0.39 is 0 Å². The van der Waals surface area contributed by atoms with Crippen LogP contribution in [0.15, 0.2) is 224 Å². The Labute approximate surface area is 362 Å². The first-order chi connectivity index (χ1) is 30.2. The van der Waals surface area contributed by atoms with Crippen molar-refractivity contribution in [1.82, 2.24) is 0 Å². The molecular formula is C58H37NS2. The molecule has 0 N–H and O–H groups in total. The van der Waals surface area contributed by atoms with Crippen LogP contribution in [0.4, 0.5) is 17.1 Å². The molecule has 61 heavy (non-hydrogen) atoms. The average Bonchev–Trinajstić information content (AvgIpc) is 3.90. The highest BCUT2D eigenvalue weighted by Crippen LogP contribution is 2.45. The number of para-hydroxylation sites is 1. The van der Waals surface area contributed by atoms with Gasteiger partial charge in [0.1, 0.15) is 0 Å². The largest absolute Gasteiger partial charge is 0.310 e. The van der Waals surface area contributed by atoms with Crippen LogP contribution in [0.3, 0.4) is 0 Å². The Morgan fingerprint density at radius 3 is 1.46 bits per heavy atom. The summed E-state index contributed by atoms with van der Waals surface area (Å²) < 4.78 is 5.26. The Morgan fingerprint density at radius 1 is 0.262 bits per heavy atom. The van der Waals surface area contributed by atoms with Crippen molar-refractivity contribution < 1.29 is 0 Å². The van der Waals surface area contributed by atoms with Crippen molar-refractivity contribution in [2.24, 2.45) is 0 Å². The summed E-state index contributed by atoms with van der Waals surface area (Å²) in [6.45, 7) is 0. The Morgan fingerprint density at radius 2 is 0.754 bits per heavy atom. The summed E-state index contributed by atoms with van der Waals surface area (Å²) >= 11 is 3.73. The Bertz CT molecular complexity index is 3590. The Kier molecular flexibility index (Phi) is 8.62. The molecule has 0 amide bonds. The lowest BCUT2D eigenvalue weighted by atomic mass is 9.97. The van der Waals surface area contributed by atoms with Gasteiger partial charge in [0.15, 0.2) is 0 Å². The second kappa shape index (κ2) is 14.8.